The molecule has 0 bridgehead atoms. The highest BCUT2D eigenvalue weighted by atomic mass is 35.5. The van der Waals surface area contributed by atoms with Crippen molar-refractivity contribution in [3.63, 3.8) is 0 Å². The van der Waals surface area contributed by atoms with Crippen molar-refractivity contribution < 1.29 is 14.3 Å². The third-order valence-electron chi connectivity index (χ3n) is 3.26. The zero-order valence-electron chi connectivity index (χ0n) is 14.4. The Morgan fingerprint density at radius 2 is 1.91 bits per heavy atom. The number of nitrogens with two attached hydrogens (primary N) is 1. The van der Waals surface area contributed by atoms with Gasteiger partial charge in [0.05, 0.1) is 13.7 Å². The number of carbonyl (C=O) groups excluding carboxylic acids is 1. The molecule has 5 nitrogen and oxygen atoms in total. The van der Waals surface area contributed by atoms with E-state index in [0.717, 1.165) is 12.8 Å². The molecule has 0 radical (unpaired) electrons. The van der Waals surface area contributed by atoms with Crippen LogP contribution in [0.5, 0.6) is 11.5 Å². The second-order valence-electron chi connectivity index (χ2n) is 5.92. The predicted molar refractivity (Wildman–Crippen MR) is 95.8 cm³/mol. The standard InChI is InChI=1S/C17H28N2O3.ClH/c1-12(2)8-10-22-15-6-5-14(11-16(15)21-4)17(20)19-9-7-13(3)18;/h5-6,11-13H,7-10,18H2,1-4H3,(H,19,20);1H. The zero-order valence-corrected chi connectivity index (χ0v) is 15.2. The van der Waals surface area contributed by atoms with Gasteiger partial charge < -0.3 is 20.5 Å². The summed E-state index contributed by atoms with van der Waals surface area (Å²) < 4.78 is 11.0. The summed E-state index contributed by atoms with van der Waals surface area (Å²) in [4.78, 5) is 12.1. The van der Waals surface area contributed by atoms with Crippen LogP contribution in [0.15, 0.2) is 18.2 Å². The van der Waals surface area contributed by atoms with Crippen LogP contribution >= 0.6 is 12.4 Å². The summed E-state index contributed by atoms with van der Waals surface area (Å²) in [7, 11) is 1.57. The number of halogens is 1. The molecule has 23 heavy (non-hydrogen) atoms. The minimum Gasteiger partial charge on any atom is -0.493 e. The number of benzene rings is 1. The molecule has 3 N–H and O–H groups in total. The summed E-state index contributed by atoms with van der Waals surface area (Å²) in [6.45, 7) is 7.41. The van der Waals surface area contributed by atoms with Crippen molar-refractivity contribution in [3.05, 3.63) is 23.8 Å². The van der Waals surface area contributed by atoms with Gasteiger partial charge in [0, 0.05) is 18.2 Å². The van der Waals surface area contributed by atoms with Crippen LogP contribution in [0.2, 0.25) is 0 Å². The van der Waals surface area contributed by atoms with Gasteiger partial charge in [-0.1, -0.05) is 13.8 Å². The lowest BCUT2D eigenvalue weighted by atomic mass is 10.1. The molecule has 0 aliphatic heterocycles. The first kappa shape index (κ1) is 21.5. The summed E-state index contributed by atoms with van der Waals surface area (Å²) in [6.07, 6.45) is 1.72. The Balaban J connectivity index is 0.00000484. The minimum atomic E-state index is -0.132. The van der Waals surface area contributed by atoms with E-state index in [1.165, 1.54) is 0 Å². The second-order valence-corrected chi connectivity index (χ2v) is 5.92. The molecule has 1 unspecified atom stereocenters. The molecule has 0 spiro atoms. The van der Waals surface area contributed by atoms with Crippen LogP contribution in [0.25, 0.3) is 0 Å². The van der Waals surface area contributed by atoms with Crippen LogP contribution < -0.4 is 20.5 Å². The van der Waals surface area contributed by atoms with Gasteiger partial charge >= 0.3 is 0 Å². The summed E-state index contributed by atoms with van der Waals surface area (Å²) in [6, 6.07) is 5.30. The highest BCUT2D eigenvalue weighted by molar-refractivity contribution is 5.94. The van der Waals surface area contributed by atoms with Crippen molar-refractivity contribution in [2.24, 2.45) is 11.7 Å². The number of hydrogen-bond acceptors (Lipinski definition) is 4. The molecule has 0 saturated heterocycles. The predicted octanol–water partition coefficient (Wildman–Crippen LogP) is 3.01. The summed E-state index contributed by atoms with van der Waals surface area (Å²) >= 11 is 0. The second kappa shape index (κ2) is 11.1. The van der Waals surface area contributed by atoms with Crippen molar-refractivity contribution in [2.75, 3.05) is 20.3 Å². The highest BCUT2D eigenvalue weighted by Crippen LogP contribution is 2.28. The maximum Gasteiger partial charge on any atom is 0.251 e. The Hall–Kier alpha value is -1.46. The van der Waals surface area contributed by atoms with E-state index in [1.54, 1.807) is 25.3 Å². The maximum atomic E-state index is 12.1. The molecule has 1 rings (SSSR count). The monoisotopic (exact) mass is 344 g/mol. The van der Waals surface area contributed by atoms with E-state index in [2.05, 4.69) is 19.2 Å². The largest absolute Gasteiger partial charge is 0.493 e. The van der Waals surface area contributed by atoms with E-state index >= 15 is 0 Å². The van der Waals surface area contributed by atoms with Gasteiger partial charge in [-0.05, 0) is 43.9 Å². The molecule has 0 aromatic heterocycles. The SMILES string of the molecule is COc1cc(C(=O)NCCC(C)N)ccc1OCCC(C)C.Cl. The van der Waals surface area contributed by atoms with E-state index in [1.807, 2.05) is 6.92 Å². The zero-order chi connectivity index (χ0) is 16.5. The van der Waals surface area contributed by atoms with Crippen LogP contribution in [-0.2, 0) is 0 Å². The molecule has 6 heteroatoms. The van der Waals surface area contributed by atoms with E-state index in [9.17, 15) is 4.79 Å². The number of ether oxygens (including phenoxy) is 2. The number of carbonyl (C=O) groups is 1. The third kappa shape index (κ3) is 8.09. The van der Waals surface area contributed by atoms with Gasteiger partial charge in [0.15, 0.2) is 11.5 Å². The molecule has 1 atom stereocenters. The average Bonchev–Trinajstić information content (AvgIpc) is 2.46. The lowest BCUT2D eigenvalue weighted by Gasteiger charge is -2.13. The number of methoxy groups -OCH3 is 1. The van der Waals surface area contributed by atoms with Gasteiger partial charge in [0.1, 0.15) is 0 Å². The molecule has 132 valence electrons. The van der Waals surface area contributed by atoms with Gasteiger partial charge in [-0.3, -0.25) is 4.79 Å². The Morgan fingerprint density at radius 3 is 2.48 bits per heavy atom. The number of nitrogens with one attached hydrogen (secondary N) is 1. The smallest absolute Gasteiger partial charge is 0.251 e. The fraction of sp³-hybridized carbons (Fsp3) is 0.588. The van der Waals surface area contributed by atoms with Gasteiger partial charge in [-0.25, -0.2) is 0 Å². The molecule has 1 aromatic carbocycles. The molecule has 0 saturated carbocycles. The highest BCUT2D eigenvalue weighted by Gasteiger charge is 2.11. The first-order chi connectivity index (χ1) is 10.4. The van der Waals surface area contributed by atoms with Crippen molar-refractivity contribution in [2.45, 2.75) is 39.7 Å². The number of hydrogen-bond donors (Lipinski definition) is 2. The lowest BCUT2D eigenvalue weighted by Crippen LogP contribution is -2.28. The van der Waals surface area contributed by atoms with Crippen LogP contribution in [0.4, 0.5) is 0 Å². The number of amides is 1. The lowest BCUT2D eigenvalue weighted by molar-refractivity contribution is 0.0952. The molecule has 0 heterocycles. The molecule has 1 amide bonds. The fourth-order valence-corrected chi connectivity index (χ4v) is 1.85. The van der Waals surface area contributed by atoms with Gasteiger partial charge in [0.25, 0.3) is 5.91 Å². The van der Waals surface area contributed by atoms with Crippen molar-refractivity contribution in [1.29, 1.82) is 0 Å². The third-order valence-corrected chi connectivity index (χ3v) is 3.26. The topological polar surface area (TPSA) is 73.6 Å². The molecule has 0 aliphatic rings. The first-order valence-corrected chi connectivity index (χ1v) is 7.78. The van der Waals surface area contributed by atoms with Crippen molar-refractivity contribution in [1.82, 2.24) is 5.32 Å². The van der Waals surface area contributed by atoms with E-state index in [-0.39, 0.29) is 24.4 Å². The van der Waals surface area contributed by atoms with E-state index < -0.39 is 0 Å². The summed E-state index contributed by atoms with van der Waals surface area (Å²) in [5, 5.41) is 2.84. The molecule has 0 aliphatic carbocycles. The van der Waals surface area contributed by atoms with Crippen LogP contribution in [0.1, 0.15) is 44.0 Å². The van der Waals surface area contributed by atoms with Crippen molar-refractivity contribution in [3.8, 4) is 11.5 Å². The summed E-state index contributed by atoms with van der Waals surface area (Å²) in [5.41, 5.74) is 6.22. The minimum absolute atomic E-state index is 0. The Morgan fingerprint density at radius 1 is 1.22 bits per heavy atom. The van der Waals surface area contributed by atoms with Gasteiger partial charge in [-0.2, -0.15) is 0 Å². The maximum absolute atomic E-state index is 12.1. The Labute approximate surface area is 145 Å². The van der Waals surface area contributed by atoms with Crippen LogP contribution in [0.3, 0.4) is 0 Å². The normalized spacial score (nSPS) is 11.6. The van der Waals surface area contributed by atoms with Crippen molar-refractivity contribution >= 4 is 18.3 Å². The average molecular weight is 345 g/mol. The first-order valence-electron chi connectivity index (χ1n) is 7.78. The van der Waals surface area contributed by atoms with Crippen LogP contribution in [0, 0.1) is 5.92 Å². The molecular formula is C17H29ClN2O3. The molecule has 0 fully saturated rings. The fourth-order valence-electron chi connectivity index (χ4n) is 1.85. The van der Waals surface area contributed by atoms with Gasteiger partial charge in [-0.15, -0.1) is 12.4 Å². The van der Waals surface area contributed by atoms with E-state index in [4.69, 9.17) is 15.2 Å². The van der Waals surface area contributed by atoms with Gasteiger partial charge in [0.2, 0.25) is 0 Å². The Kier molecular flexibility index (Phi) is 10.4. The molecular weight excluding hydrogens is 316 g/mol. The molecule has 1 aromatic rings. The van der Waals surface area contributed by atoms with Crippen LogP contribution in [-0.4, -0.2) is 32.2 Å². The van der Waals surface area contributed by atoms with E-state index in [0.29, 0.717) is 36.1 Å². The quantitative estimate of drug-likeness (QED) is 0.722. The summed E-state index contributed by atoms with van der Waals surface area (Å²) in [5.74, 6) is 1.69. The number of rotatable bonds is 9. The Bertz CT molecular complexity index is 479.